The third kappa shape index (κ3) is 3.55. The maximum Gasteiger partial charge on any atom is 0.413 e. The molecule has 7 heteroatoms. The quantitative estimate of drug-likeness (QED) is 0.723. The summed E-state index contributed by atoms with van der Waals surface area (Å²) in [7, 11) is 0. The van der Waals surface area contributed by atoms with Gasteiger partial charge in [0.05, 0.1) is 5.39 Å². The van der Waals surface area contributed by atoms with Crippen molar-refractivity contribution in [1.82, 2.24) is 9.97 Å². The topological polar surface area (TPSA) is 67.0 Å². The second-order valence-electron chi connectivity index (χ2n) is 7.08. The number of hydrogen-bond donors (Lipinski definition) is 2. The first-order chi connectivity index (χ1) is 10.7. The number of thiophene rings is 1. The Hall–Kier alpha value is -1.47. The number of amides is 1. The van der Waals surface area contributed by atoms with Crippen molar-refractivity contribution in [3.63, 3.8) is 0 Å². The second kappa shape index (κ2) is 5.87. The van der Waals surface area contributed by atoms with Crippen LogP contribution in [0.25, 0.3) is 10.2 Å². The first kappa shape index (κ1) is 16.4. The smallest absolute Gasteiger partial charge is 0.413 e. The average molecular weight is 351 g/mol. The fraction of sp³-hybridized carbons (Fsp3) is 0.562. The number of carbonyl (C=O) groups excluding carboxylic acids is 1. The first-order valence-corrected chi connectivity index (χ1v) is 9.00. The molecule has 1 atom stereocenters. The van der Waals surface area contributed by atoms with E-state index in [9.17, 15) is 4.79 Å². The third-order valence-corrected chi connectivity index (χ3v) is 5.15. The molecule has 124 valence electrons. The number of aromatic nitrogens is 2. The Balaban J connectivity index is 2.03. The zero-order valence-corrected chi connectivity index (χ0v) is 15.4. The number of nitrogens with one attached hydrogen (secondary N) is 2. The van der Waals surface area contributed by atoms with Crippen LogP contribution in [0.1, 0.15) is 44.6 Å². The predicted molar refractivity (Wildman–Crippen MR) is 95.9 cm³/mol. The summed E-state index contributed by atoms with van der Waals surface area (Å²) < 4.78 is 5.72. The number of hydrogen-bond acceptors (Lipinski definition) is 5. The van der Waals surface area contributed by atoms with Crippen molar-refractivity contribution in [3.05, 3.63) is 15.2 Å². The minimum atomic E-state index is -0.545. The minimum Gasteiger partial charge on any atom is -0.444 e. The van der Waals surface area contributed by atoms with Gasteiger partial charge < -0.3 is 9.72 Å². The summed E-state index contributed by atoms with van der Waals surface area (Å²) >= 11 is 6.88. The predicted octanol–water partition coefficient (Wildman–Crippen LogP) is 4.83. The number of carbonyl (C=O) groups is 1. The van der Waals surface area contributed by atoms with Gasteiger partial charge in [-0.3, -0.25) is 5.32 Å². The molecule has 0 saturated heterocycles. The van der Waals surface area contributed by atoms with Crippen LogP contribution in [0.3, 0.4) is 0 Å². The van der Waals surface area contributed by atoms with E-state index in [2.05, 4.69) is 22.2 Å². The Morgan fingerprint density at radius 3 is 2.91 bits per heavy atom. The van der Waals surface area contributed by atoms with E-state index in [4.69, 9.17) is 17.0 Å². The van der Waals surface area contributed by atoms with Crippen molar-refractivity contribution >= 4 is 45.7 Å². The molecule has 0 bridgehead atoms. The van der Waals surface area contributed by atoms with Gasteiger partial charge in [0.2, 0.25) is 0 Å². The van der Waals surface area contributed by atoms with Crippen LogP contribution in [0.5, 0.6) is 0 Å². The number of aromatic amines is 1. The third-order valence-electron chi connectivity index (χ3n) is 3.80. The van der Waals surface area contributed by atoms with Gasteiger partial charge in [0.15, 0.2) is 4.77 Å². The molecule has 0 spiro atoms. The van der Waals surface area contributed by atoms with Crippen molar-refractivity contribution in [2.45, 2.75) is 52.6 Å². The molecule has 0 radical (unpaired) electrons. The molecule has 0 aromatic carbocycles. The van der Waals surface area contributed by atoms with Gasteiger partial charge in [0.1, 0.15) is 16.2 Å². The zero-order valence-electron chi connectivity index (χ0n) is 13.8. The highest BCUT2D eigenvalue weighted by atomic mass is 32.1. The first-order valence-electron chi connectivity index (χ1n) is 7.77. The molecule has 1 aliphatic carbocycles. The number of nitrogens with zero attached hydrogens (tertiary/aromatic N) is 1. The fourth-order valence-corrected chi connectivity index (χ4v) is 4.51. The molecule has 2 aromatic rings. The molecule has 3 rings (SSSR count). The average Bonchev–Trinajstić information content (AvgIpc) is 2.72. The lowest BCUT2D eigenvalue weighted by Gasteiger charge is -2.20. The van der Waals surface area contributed by atoms with Crippen molar-refractivity contribution in [1.29, 1.82) is 0 Å². The summed E-state index contributed by atoms with van der Waals surface area (Å²) in [4.78, 5) is 21.8. The minimum absolute atomic E-state index is 0.371. The van der Waals surface area contributed by atoms with Gasteiger partial charge in [0, 0.05) is 4.88 Å². The molecular formula is C16H21N3O2S2. The Kier molecular flexibility index (Phi) is 4.18. The number of rotatable bonds is 1. The van der Waals surface area contributed by atoms with Gasteiger partial charge in [-0.15, -0.1) is 11.3 Å². The summed E-state index contributed by atoms with van der Waals surface area (Å²) in [6.45, 7) is 7.78. The summed E-state index contributed by atoms with van der Waals surface area (Å²) in [5.74, 6) is 1.28. The van der Waals surface area contributed by atoms with Crippen molar-refractivity contribution in [2.75, 3.05) is 5.32 Å². The van der Waals surface area contributed by atoms with E-state index in [1.54, 1.807) is 11.3 Å². The Labute approximate surface area is 144 Å². The van der Waals surface area contributed by atoms with Crippen LogP contribution < -0.4 is 5.32 Å². The summed E-state index contributed by atoms with van der Waals surface area (Å²) in [5, 5.41) is 3.80. The SMILES string of the molecule is CC1CCc2c(sc3nc(=S)[nH]c(NC(=O)OC(C)(C)C)c23)C1. The molecule has 0 fully saturated rings. The van der Waals surface area contributed by atoms with Gasteiger partial charge in [0.25, 0.3) is 0 Å². The maximum absolute atomic E-state index is 12.1. The van der Waals surface area contributed by atoms with E-state index in [0.717, 1.165) is 29.5 Å². The van der Waals surface area contributed by atoms with E-state index in [-0.39, 0.29) is 0 Å². The lowest BCUT2D eigenvalue weighted by molar-refractivity contribution is 0.0635. The summed E-state index contributed by atoms with van der Waals surface area (Å²) in [6.07, 6.45) is 2.74. The standard InChI is InChI=1S/C16H21N3O2S2/c1-8-5-6-9-10(7-8)23-13-11(9)12(17-14(22)19-13)18-15(20)21-16(2,3)4/h8H,5-7H2,1-4H3,(H2,17,18,19,20,22). The van der Waals surface area contributed by atoms with Crippen LogP contribution in [0.4, 0.5) is 10.6 Å². The molecule has 1 unspecified atom stereocenters. The fourth-order valence-electron chi connectivity index (χ4n) is 2.86. The highest BCUT2D eigenvalue weighted by Crippen LogP contribution is 2.39. The van der Waals surface area contributed by atoms with Gasteiger partial charge in [-0.25, -0.2) is 9.78 Å². The Morgan fingerprint density at radius 2 is 2.22 bits per heavy atom. The molecule has 2 heterocycles. The van der Waals surface area contributed by atoms with Crippen LogP contribution in [0.15, 0.2) is 0 Å². The number of H-pyrrole nitrogens is 1. The van der Waals surface area contributed by atoms with Gasteiger partial charge in [-0.1, -0.05) is 6.92 Å². The molecule has 1 amide bonds. The van der Waals surface area contributed by atoms with Gasteiger partial charge in [-0.05, 0) is 63.7 Å². The van der Waals surface area contributed by atoms with E-state index in [1.165, 1.54) is 10.4 Å². The number of aryl methyl sites for hydroxylation is 1. The highest BCUT2D eigenvalue weighted by molar-refractivity contribution is 7.71. The zero-order chi connectivity index (χ0) is 16.8. The Bertz CT molecular complexity index is 817. The molecule has 5 nitrogen and oxygen atoms in total. The lowest BCUT2D eigenvalue weighted by atomic mass is 9.89. The molecule has 0 saturated carbocycles. The van der Waals surface area contributed by atoms with Gasteiger partial charge >= 0.3 is 6.09 Å². The van der Waals surface area contributed by atoms with Crippen LogP contribution >= 0.6 is 23.6 Å². The van der Waals surface area contributed by atoms with Crippen LogP contribution in [0.2, 0.25) is 0 Å². The van der Waals surface area contributed by atoms with Crippen LogP contribution in [-0.2, 0) is 17.6 Å². The largest absolute Gasteiger partial charge is 0.444 e. The normalized spacial score (nSPS) is 17.8. The van der Waals surface area contributed by atoms with Crippen molar-refractivity contribution in [3.8, 4) is 0 Å². The highest BCUT2D eigenvalue weighted by Gasteiger charge is 2.24. The van der Waals surface area contributed by atoms with E-state index in [0.29, 0.717) is 16.5 Å². The number of fused-ring (bicyclic) bond motifs is 3. The molecule has 1 aliphatic rings. The van der Waals surface area contributed by atoms with E-state index in [1.807, 2.05) is 20.8 Å². The molecule has 2 aromatic heterocycles. The van der Waals surface area contributed by atoms with Gasteiger partial charge in [-0.2, -0.15) is 0 Å². The second-order valence-corrected chi connectivity index (χ2v) is 8.55. The number of anilines is 1. The maximum atomic E-state index is 12.1. The molecule has 0 aliphatic heterocycles. The van der Waals surface area contributed by atoms with E-state index >= 15 is 0 Å². The molecule has 2 N–H and O–H groups in total. The number of ether oxygens (including phenoxy) is 1. The van der Waals surface area contributed by atoms with Crippen molar-refractivity contribution in [2.24, 2.45) is 5.92 Å². The lowest BCUT2D eigenvalue weighted by Crippen LogP contribution is -2.27. The summed E-state index contributed by atoms with van der Waals surface area (Å²) in [6, 6.07) is 0. The monoisotopic (exact) mass is 351 g/mol. The van der Waals surface area contributed by atoms with Crippen molar-refractivity contribution < 1.29 is 9.53 Å². The van der Waals surface area contributed by atoms with Crippen LogP contribution in [0, 0.1) is 10.7 Å². The summed E-state index contributed by atoms with van der Waals surface area (Å²) in [5.41, 5.74) is 0.740. The Morgan fingerprint density at radius 1 is 1.48 bits per heavy atom. The van der Waals surface area contributed by atoms with E-state index < -0.39 is 11.7 Å². The molecule has 23 heavy (non-hydrogen) atoms. The van der Waals surface area contributed by atoms with Crippen LogP contribution in [-0.4, -0.2) is 21.7 Å². The molecular weight excluding hydrogens is 330 g/mol.